The van der Waals surface area contributed by atoms with Crippen molar-refractivity contribution < 1.29 is 9.53 Å². The molecule has 0 saturated carbocycles. The number of hydrogen-bond donors (Lipinski definition) is 1. The largest absolute Gasteiger partial charge is 0.376 e. The molecule has 0 radical (unpaired) electrons. The molecular formula is C19H27N3O2S. The standard InChI is InChI=1S/C19H27N3O2S/c1-5-12(2)18(23)21-19-20-17(11-25-19)16-9-13(3)22(14(16)4)10-15-7-6-8-24-15/h9,11-12,15H,5-8,10H2,1-4H3,(H,20,21,23)/t12-,15-/m0/s1. The Labute approximate surface area is 153 Å². The highest BCUT2D eigenvalue weighted by Crippen LogP contribution is 2.31. The first-order valence-corrected chi connectivity index (χ1v) is 9.92. The Kier molecular flexibility index (Phi) is 5.59. The minimum atomic E-state index is 0.00354. The fourth-order valence-electron chi connectivity index (χ4n) is 3.20. The van der Waals surface area contributed by atoms with Gasteiger partial charge < -0.3 is 14.6 Å². The molecule has 1 amide bonds. The Balaban J connectivity index is 1.77. The first-order valence-electron chi connectivity index (χ1n) is 9.04. The van der Waals surface area contributed by atoms with E-state index in [0.29, 0.717) is 11.2 Å². The Morgan fingerprint density at radius 1 is 1.52 bits per heavy atom. The minimum Gasteiger partial charge on any atom is -0.376 e. The predicted molar refractivity (Wildman–Crippen MR) is 102 cm³/mol. The number of hydrogen-bond acceptors (Lipinski definition) is 4. The molecule has 0 unspecified atom stereocenters. The highest BCUT2D eigenvalue weighted by atomic mass is 32.1. The lowest BCUT2D eigenvalue weighted by atomic mass is 10.1. The molecule has 3 heterocycles. The molecule has 5 nitrogen and oxygen atoms in total. The maximum Gasteiger partial charge on any atom is 0.228 e. The number of aromatic nitrogens is 2. The van der Waals surface area contributed by atoms with Crippen molar-refractivity contribution in [3.8, 4) is 11.3 Å². The number of nitrogens with one attached hydrogen (secondary N) is 1. The van der Waals surface area contributed by atoms with Crippen LogP contribution in [0, 0.1) is 19.8 Å². The van der Waals surface area contributed by atoms with E-state index < -0.39 is 0 Å². The molecule has 136 valence electrons. The molecule has 2 aromatic rings. The minimum absolute atomic E-state index is 0.00354. The maximum atomic E-state index is 12.0. The summed E-state index contributed by atoms with van der Waals surface area (Å²) < 4.78 is 8.10. The third kappa shape index (κ3) is 3.96. The van der Waals surface area contributed by atoms with Crippen LogP contribution in [0.1, 0.15) is 44.5 Å². The van der Waals surface area contributed by atoms with Crippen molar-refractivity contribution in [2.24, 2.45) is 5.92 Å². The highest BCUT2D eigenvalue weighted by molar-refractivity contribution is 7.14. The molecule has 2 atom stereocenters. The van der Waals surface area contributed by atoms with Gasteiger partial charge in [0.15, 0.2) is 5.13 Å². The summed E-state index contributed by atoms with van der Waals surface area (Å²) in [5.74, 6) is 0.0380. The molecule has 0 aliphatic carbocycles. The van der Waals surface area contributed by atoms with E-state index >= 15 is 0 Å². The number of carbonyl (C=O) groups is 1. The molecule has 3 rings (SSSR count). The smallest absolute Gasteiger partial charge is 0.228 e. The molecule has 6 heteroatoms. The predicted octanol–water partition coefficient (Wildman–Crippen LogP) is 4.39. The van der Waals surface area contributed by atoms with Crippen LogP contribution >= 0.6 is 11.3 Å². The lowest BCUT2D eigenvalue weighted by Gasteiger charge is -2.14. The monoisotopic (exact) mass is 361 g/mol. The van der Waals surface area contributed by atoms with E-state index in [0.717, 1.165) is 43.7 Å². The quantitative estimate of drug-likeness (QED) is 0.830. The Bertz CT molecular complexity index is 744. The number of amides is 1. The van der Waals surface area contributed by atoms with E-state index in [2.05, 4.69) is 34.8 Å². The third-order valence-corrected chi connectivity index (χ3v) is 5.81. The van der Waals surface area contributed by atoms with Crippen molar-refractivity contribution in [1.29, 1.82) is 0 Å². The fourth-order valence-corrected chi connectivity index (χ4v) is 3.92. The molecule has 0 bridgehead atoms. The zero-order valence-electron chi connectivity index (χ0n) is 15.5. The zero-order valence-corrected chi connectivity index (χ0v) is 16.3. The van der Waals surface area contributed by atoms with E-state index in [-0.39, 0.29) is 11.8 Å². The van der Waals surface area contributed by atoms with Gasteiger partial charge in [0.25, 0.3) is 0 Å². The summed E-state index contributed by atoms with van der Waals surface area (Å²) in [4.78, 5) is 16.7. The SMILES string of the molecule is CC[C@H](C)C(=O)Nc1nc(-c2cc(C)n(C[C@@H]3CCCO3)c2C)cs1. The highest BCUT2D eigenvalue weighted by Gasteiger charge is 2.20. The molecule has 2 aromatic heterocycles. The van der Waals surface area contributed by atoms with Gasteiger partial charge in [0.1, 0.15) is 0 Å². The van der Waals surface area contributed by atoms with Crippen LogP contribution in [0.15, 0.2) is 11.4 Å². The summed E-state index contributed by atoms with van der Waals surface area (Å²) in [6, 6.07) is 2.18. The first kappa shape index (κ1) is 18.1. The number of ether oxygens (including phenoxy) is 1. The van der Waals surface area contributed by atoms with Gasteiger partial charge in [-0.05, 0) is 39.2 Å². The van der Waals surface area contributed by atoms with Crippen LogP contribution in [0.25, 0.3) is 11.3 Å². The third-order valence-electron chi connectivity index (χ3n) is 5.05. The molecular weight excluding hydrogens is 334 g/mol. The van der Waals surface area contributed by atoms with Crippen molar-refractivity contribution >= 4 is 22.4 Å². The Morgan fingerprint density at radius 3 is 3.00 bits per heavy atom. The van der Waals surface area contributed by atoms with E-state index in [4.69, 9.17) is 4.74 Å². The van der Waals surface area contributed by atoms with E-state index in [1.165, 1.54) is 22.7 Å². The molecule has 1 N–H and O–H groups in total. The van der Waals surface area contributed by atoms with Crippen LogP contribution in [-0.2, 0) is 16.1 Å². The van der Waals surface area contributed by atoms with Gasteiger partial charge in [0.2, 0.25) is 5.91 Å². The van der Waals surface area contributed by atoms with E-state index in [1.807, 2.05) is 19.2 Å². The fraction of sp³-hybridized carbons (Fsp3) is 0.579. The summed E-state index contributed by atoms with van der Waals surface area (Å²) in [7, 11) is 0. The van der Waals surface area contributed by atoms with Gasteiger partial charge in [-0.2, -0.15) is 0 Å². The number of nitrogens with zero attached hydrogens (tertiary/aromatic N) is 2. The van der Waals surface area contributed by atoms with E-state index in [9.17, 15) is 4.79 Å². The van der Waals surface area contributed by atoms with Crippen LogP contribution < -0.4 is 5.32 Å². The zero-order chi connectivity index (χ0) is 18.0. The topological polar surface area (TPSA) is 56.2 Å². The first-order chi connectivity index (χ1) is 12.0. The van der Waals surface area contributed by atoms with Crippen LogP contribution in [0.4, 0.5) is 5.13 Å². The van der Waals surface area contributed by atoms with Gasteiger partial charge in [-0.15, -0.1) is 11.3 Å². The summed E-state index contributed by atoms with van der Waals surface area (Å²) in [6.07, 6.45) is 3.43. The lowest BCUT2D eigenvalue weighted by Crippen LogP contribution is -2.19. The van der Waals surface area contributed by atoms with Gasteiger partial charge in [0.05, 0.1) is 11.8 Å². The van der Waals surface area contributed by atoms with Gasteiger partial charge in [-0.25, -0.2) is 4.98 Å². The molecule has 1 aliphatic heterocycles. The van der Waals surface area contributed by atoms with Crippen LogP contribution in [-0.4, -0.2) is 28.2 Å². The van der Waals surface area contributed by atoms with Crippen molar-refractivity contribution in [3.63, 3.8) is 0 Å². The normalized spacial score (nSPS) is 18.5. The van der Waals surface area contributed by atoms with Crippen LogP contribution in [0.5, 0.6) is 0 Å². The molecule has 0 aromatic carbocycles. The van der Waals surface area contributed by atoms with Crippen molar-refractivity contribution in [2.75, 3.05) is 11.9 Å². The number of rotatable bonds is 6. The van der Waals surface area contributed by atoms with Gasteiger partial charge in [-0.3, -0.25) is 4.79 Å². The van der Waals surface area contributed by atoms with Crippen molar-refractivity contribution in [3.05, 3.63) is 22.8 Å². The van der Waals surface area contributed by atoms with E-state index in [1.54, 1.807) is 0 Å². The summed E-state index contributed by atoms with van der Waals surface area (Å²) in [5, 5.41) is 5.61. The average Bonchev–Trinajstić information content (AvgIpc) is 3.32. The Hall–Kier alpha value is -1.66. The van der Waals surface area contributed by atoms with Gasteiger partial charge in [0, 0.05) is 41.4 Å². The van der Waals surface area contributed by atoms with Gasteiger partial charge in [-0.1, -0.05) is 13.8 Å². The summed E-state index contributed by atoms with van der Waals surface area (Å²) in [6.45, 7) is 9.99. The molecule has 1 aliphatic rings. The number of anilines is 1. The second-order valence-corrected chi connectivity index (χ2v) is 7.72. The molecule has 25 heavy (non-hydrogen) atoms. The number of thiazole rings is 1. The number of carbonyl (C=O) groups excluding carboxylic acids is 1. The van der Waals surface area contributed by atoms with Crippen molar-refractivity contribution in [1.82, 2.24) is 9.55 Å². The molecule has 1 fully saturated rings. The lowest BCUT2D eigenvalue weighted by molar-refractivity contribution is -0.119. The van der Waals surface area contributed by atoms with Gasteiger partial charge >= 0.3 is 0 Å². The molecule has 0 spiro atoms. The second-order valence-electron chi connectivity index (χ2n) is 6.87. The van der Waals surface area contributed by atoms with Crippen LogP contribution in [0.2, 0.25) is 0 Å². The average molecular weight is 362 g/mol. The maximum absolute atomic E-state index is 12.0. The summed E-state index contributed by atoms with van der Waals surface area (Å²) >= 11 is 1.48. The Morgan fingerprint density at radius 2 is 2.32 bits per heavy atom. The number of aryl methyl sites for hydroxylation is 1. The summed E-state index contributed by atoms with van der Waals surface area (Å²) in [5.41, 5.74) is 4.49. The van der Waals surface area contributed by atoms with Crippen molar-refractivity contribution in [2.45, 2.75) is 59.6 Å². The van der Waals surface area contributed by atoms with Crippen LogP contribution in [0.3, 0.4) is 0 Å². The second kappa shape index (κ2) is 7.70. The molecule has 1 saturated heterocycles.